The molecule has 0 heterocycles. The summed E-state index contributed by atoms with van der Waals surface area (Å²) in [5.74, 6) is -0.0677. The Labute approximate surface area is 444 Å². The standard InChI is InChI=1S/C65H127NO5/c1-3-5-7-9-11-13-15-17-19-21-22-23-24-25-26-27-29-33-37-41-45-49-53-57-63(68)62(61-67)66-64(69)58-54-50-46-42-38-34-30-28-32-36-40-44-48-52-56-60-71-65(70)59-55-51-47-43-39-35-31-20-18-16-14-12-10-8-6-4-2/h53,57,62-63,67-68H,3-52,54-56,58-61H2,1-2H3,(H,66,69)/b57-53+. The van der Waals surface area contributed by atoms with Crippen LogP contribution in [0.1, 0.15) is 367 Å². The van der Waals surface area contributed by atoms with Crippen molar-refractivity contribution in [2.75, 3.05) is 13.2 Å². The van der Waals surface area contributed by atoms with Gasteiger partial charge in [0.2, 0.25) is 5.91 Å². The molecule has 2 atom stereocenters. The predicted octanol–water partition coefficient (Wildman–Crippen LogP) is 20.4. The normalized spacial score (nSPS) is 12.6. The van der Waals surface area contributed by atoms with Crippen molar-refractivity contribution in [3.63, 3.8) is 0 Å². The molecule has 0 radical (unpaired) electrons. The summed E-state index contributed by atoms with van der Waals surface area (Å²) in [5.41, 5.74) is 0. The first-order valence-corrected chi connectivity index (χ1v) is 32.5. The van der Waals surface area contributed by atoms with Crippen molar-refractivity contribution in [2.45, 2.75) is 379 Å². The molecule has 422 valence electrons. The van der Waals surface area contributed by atoms with Crippen molar-refractivity contribution in [3.05, 3.63) is 12.2 Å². The van der Waals surface area contributed by atoms with Crippen LogP contribution in [0, 0.1) is 0 Å². The maximum Gasteiger partial charge on any atom is 0.305 e. The minimum absolute atomic E-state index is 0.00421. The molecule has 0 bridgehead atoms. The Kier molecular flexibility index (Phi) is 59.9. The molecule has 0 spiro atoms. The number of carbonyl (C=O) groups excluding carboxylic acids is 2. The van der Waals surface area contributed by atoms with Crippen molar-refractivity contribution < 1.29 is 24.5 Å². The van der Waals surface area contributed by atoms with Gasteiger partial charge < -0.3 is 20.3 Å². The van der Waals surface area contributed by atoms with Crippen molar-refractivity contribution in [2.24, 2.45) is 0 Å². The molecule has 0 aliphatic rings. The van der Waals surface area contributed by atoms with E-state index in [4.69, 9.17) is 4.74 Å². The third-order valence-electron chi connectivity index (χ3n) is 15.3. The van der Waals surface area contributed by atoms with Crippen LogP contribution in [-0.4, -0.2) is 47.4 Å². The molecule has 0 saturated carbocycles. The molecule has 1 amide bonds. The molecule has 0 aromatic heterocycles. The molecular formula is C65H127NO5. The highest BCUT2D eigenvalue weighted by Crippen LogP contribution is 2.18. The van der Waals surface area contributed by atoms with Gasteiger partial charge in [0.1, 0.15) is 0 Å². The van der Waals surface area contributed by atoms with Gasteiger partial charge in [-0.05, 0) is 32.1 Å². The predicted molar refractivity (Wildman–Crippen MR) is 310 cm³/mol. The number of unbranched alkanes of at least 4 members (excludes halogenated alkanes) is 50. The van der Waals surface area contributed by atoms with Crippen LogP contribution in [0.3, 0.4) is 0 Å². The molecule has 0 aliphatic carbocycles. The summed E-state index contributed by atoms with van der Waals surface area (Å²) in [7, 11) is 0. The molecule has 6 nitrogen and oxygen atoms in total. The Bertz CT molecular complexity index is 1060. The first-order chi connectivity index (χ1) is 35.0. The number of aliphatic hydroxyl groups is 2. The lowest BCUT2D eigenvalue weighted by molar-refractivity contribution is -0.143. The van der Waals surface area contributed by atoms with Crippen molar-refractivity contribution >= 4 is 11.9 Å². The van der Waals surface area contributed by atoms with Gasteiger partial charge in [-0.3, -0.25) is 9.59 Å². The summed E-state index contributed by atoms with van der Waals surface area (Å²) < 4.78 is 5.49. The molecule has 3 N–H and O–H groups in total. The number of aliphatic hydroxyl groups excluding tert-OH is 2. The lowest BCUT2D eigenvalue weighted by Crippen LogP contribution is -2.45. The number of hydrogen-bond donors (Lipinski definition) is 3. The van der Waals surface area contributed by atoms with Crippen molar-refractivity contribution in [1.29, 1.82) is 0 Å². The number of amides is 1. The number of hydrogen-bond acceptors (Lipinski definition) is 5. The topological polar surface area (TPSA) is 95.9 Å². The molecule has 0 aliphatic heterocycles. The summed E-state index contributed by atoms with van der Waals surface area (Å²) >= 11 is 0. The molecule has 0 saturated heterocycles. The zero-order valence-corrected chi connectivity index (χ0v) is 48.2. The summed E-state index contributed by atoms with van der Waals surface area (Å²) in [6.45, 7) is 4.93. The van der Waals surface area contributed by atoms with Gasteiger partial charge in [-0.25, -0.2) is 0 Å². The van der Waals surface area contributed by atoms with E-state index in [1.54, 1.807) is 6.08 Å². The van der Waals surface area contributed by atoms with Crippen molar-refractivity contribution in [3.8, 4) is 0 Å². The van der Waals surface area contributed by atoms with Crippen LogP contribution in [0.2, 0.25) is 0 Å². The molecule has 71 heavy (non-hydrogen) atoms. The minimum atomic E-state index is -0.851. The summed E-state index contributed by atoms with van der Waals surface area (Å²) in [5, 5.41) is 23.2. The summed E-state index contributed by atoms with van der Waals surface area (Å²) in [6.07, 6.45) is 74.0. The first-order valence-electron chi connectivity index (χ1n) is 32.5. The number of carbonyl (C=O) groups is 2. The molecule has 6 heteroatoms. The van der Waals surface area contributed by atoms with Crippen molar-refractivity contribution in [1.82, 2.24) is 5.32 Å². The monoisotopic (exact) mass is 1000 g/mol. The molecule has 0 aromatic carbocycles. The minimum Gasteiger partial charge on any atom is -0.466 e. The second-order valence-corrected chi connectivity index (χ2v) is 22.5. The van der Waals surface area contributed by atoms with Gasteiger partial charge in [-0.1, -0.05) is 334 Å². The SMILES string of the molecule is CCCCCCCCCCCCCCCCCCCCCCC/C=C/C(O)C(CO)NC(=O)CCCCCCCCCCCCCCCCCOC(=O)CCCCCCCCCCCCCCCCCC. The van der Waals surface area contributed by atoms with Gasteiger partial charge in [0.05, 0.1) is 25.4 Å². The highest BCUT2D eigenvalue weighted by molar-refractivity contribution is 5.76. The second kappa shape index (κ2) is 61.1. The maximum absolute atomic E-state index is 12.5. The van der Waals surface area contributed by atoms with E-state index in [1.807, 2.05) is 6.08 Å². The van der Waals surface area contributed by atoms with E-state index in [0.717, 1.165) is 44.9 Å². The quantitative estimate of drug-likeness (QED) is 0.0320. The van der Waals surface area contributed by atoms with Gasteiger partial charge in [0.15, 0.2) is 0 Å². The highest BCUT2D eigenvalue weighted by atomic mass is 16.5. The molecule has 0 aromatic rings. The fraction of sp³-hybridized carbons (Fsp3) is 0.938. The zero-order valence-electron chi connectivity index (χ0n) is 48.2. The Balaban J connectivity index is 3.44. The Morgan fingerprint density at radius 3 is 0.958 bits per heavy atom. The van der Waals surface area contributed by atoms with Crippen LogP contribution in [0.4, 0.5) is 0 Å². The van der Waals surface area contributed by atoms with Gasteiger partial charge in [0.25, 0.3) is 0 Å². The zero-order chi connectivity index (χ0) is 51.4. The average Bonchev–Trinajstić information content (AvgIpc) is 3.37. The summed E-state index contributed by atoms with van der Waals surface area (Å²) in [4.78, 5) is 24.6. The van der Waals surface area contributed by atoms with E-state index in [-0.39, 0.29) is 18.5 Å². The van der Waals surface area contributed by atoms with Gasteiger partial charge >= 0.3 is 5.97 Å². The Morgan fingerprint density at radius 1 is 0.380 bits per heavy atom. The van der Waals surface area contributed by atoms with E-state index >= 15 is 0 Å². The number of nitrogens with one attached hydrogen (secondary N) is 1. The van der Waals surface area contributed by atoms with E-state index in [9.17, 15) is 19.8 Å². The smallest absolute Gasteiger partial charge is 0.305 e. The Hall–Kier alpha value is -1.40. The third kappa shape index (κ3) is 57.7. The van der Waals surface area contributed by atoms with Crippen LogP contribution in [0.15, 0.2) is 12.2 Å². The van der Waals surface area contributed by atoms with Gasteiger partial charge in [0, 0.05) is 12.8 Å². The van der Waals surface area contributed by atoms with Crippen LogP contribution in [0.5, 0.6) is 0 Å². The number of ether oxygens (including phenoxy) is 1. The molecule has 0 rings (SSSR count). The fourth-order valence-corrected chi connectivity index (χ4v) is 10.3. The fourth-order valence-electron chi connectivity index (χ4n) is 10.3. The number of rotatable bonds is 61. The largest absolute Gasteiger partial charge is 0.466 e. The number of esters is 1. The number of allylic oxidation sites excluding steroid dienone is 1. The summed E-state index contributed by atoms with van der Waals surface area (Å²) in [6, 6.07) is -0.635. The van der Waals surface area contributed by atoms with Gasteiger partial charge in [-0.2, -0.15) is 0 Å². The van der Waals surface area contributed by atoms with Gasteiger partial charge in [-0.15, -0.1) is 0 Å². The van der Waals surface area contributed by atoms with Crippen LogP contribution < -0.4 is 5.32 Å². The molecule has 2 unspecified atom stereocenters. The lowest BCUT2D eigenvalue weighted by Gasteiger charge is -2.20. The first kappa shape index (κ1) is 69.6. The van der Waals surface area contributed by atoms with E-state index in [2.05, 4.69) is 19.2 Å². The van der Waals surface area contributed by atoms with Crippen LogP contribution in [-0.2, 0) is 14.3 Å². The third-order valence-corrected chi connectivity index (χ3v) is 15.3. The molecule has 0 fully saturated rings. The second-order valence-electron chi connectivity index (χ2n) is 22.5. The molecular weight excluding hydrogens is 875 g/mol. The van der Waals surface area contributed by atoms with E-state index in [0.29, 0.717) is 19.4 Å². The van der Waals surface area contributed by atoms with Crippen LogP contribution >= 0.6 is 0 Å². The van der Waals surface area contributed by atoms with E-state index in [1.165, 1.54) is 295 Å². The van der Waals surface area contributed by atoms with Crippen LogP contribution in [0.25, 0.3) is 0 Å². The highest BCUT2D eigenvalue weighted by Gasteiger charge is 2.18. The maximum atomic E-state index is 12.5. The Morgan fingerprint density at radius 2 is 0.648 bits per heavy atom. The lowest BCUT2D eigenvalue weighted by atomic mass is 10.0. The van der Waals surface area contributed by atoms with E-state index < -0.39 is 12.1 Å². The average molecular weight is 1000 g/mol.